The zero-order valence-electron chi connectivity index (χ0n) is 11.2. The van der Waals surface area contributed by atoms with Gasteiger partial charge in [-0.3, -0.25) is 0 Å². The largest absolute Gasteiger partial charge is 0.337 e. The summed E-state index contributed by atoms with van der Waals surface area (Å²) < 4.78 is 11.4. The third kappa shape index (κ3) is 3.70. The molecular formula is C10H23N3O3. The Morgan fingerprint density at radius 2 is 1.38 bits per heavy atom. The van der Waals surface area contributed by atoms with Crippen LogP contribution in [0.15, 0.2) is 5.29 Å². The monoisotopic (exact) mass is 233 g/mol. The normalized spacial score (nSPS) is 12.6. The van der Waals surface area contributed by atoms with E-state index in [2.05, 4.69) is 5.29 Å². The van der Waals surface area contributed by atoms with Gasteiger partial charge in [0, 0.05) is 7.05 Å². The van der Waals surface area contributed by atoms with Gasteiger partial charge < -0.3 is 9.47 Å². The molecule has 0 saturated heterocycles. The maximum atomic E-state index is 10.7. The molecule has 0 fully saturated rings. The lowest BCUT2D eigenvalue weighted by Gasteiger charge is -2.43. The molecule has 0 aromatic rings. The minimum atomic E-state index is -1.26. The Hall–Kier alpha value is -0.720. The molecule has 0 N–H and O–H groups in total. The Kier molecular flexibility index (Phi) is 5.85. The first-order valence-corrected chi connectivity index (χ1v) is 5.36. The first-order chi connectivity index (χ1) is 7.26. The van der Waals surface area contributed by atoms with Crippen LogP contribution in [-0.4, -0.2) is 49.3 Å². The Labute approximate surface area is 97.4 Å². The Morgan fingerprint density at radius 3 is 1.56 bits per heavy atom. The highest BCUT2D eigenvalue weighted by atomic mass is 16.8. The van der Waals surface area contributed by atoms with E-state index < -0.39 is 6.03 Å². The number of hydrogen-bond donors (Lipinski definition) is 0. The molecule has 0 heterocycles. The van der Waals surface area contributed by atoms with Crippen molar-refractivity contribution in [2.24, 2.45) is 5.29 Å². The molecule has 0 rings (SSSR count). The first kappa shape index (κ1) is 15.3. The second-order valence-corrected chi connectivity index (χ2v) is 4.38. The van der Waals surface area contributed by atoms with Crippen LogP contribution in [0.5, 0.6) is 0 Å². The van der Waals surface area contributed by atoms with Crippen molar-refractivity contribution in [1.82, 2.24) is 9.91 Å². The van der Waals surface area contributed by atoms with E-state index in [1.165, 1.54) is 7.05 Å². The molecule has 0 spiro atoms. The summed E-state index contributed by atoms with van der Waals surface area (Å²) in [6.45, 7) is 7.50. The van der Waals surface area contributed by atoms with Gasteiger partial charge in [0.05, 0.1) is 17.5 Å². The number of hydrogen-bond acceptors (Lipinski definition) is 5. The molecule has 6 heteroatoms. The van der Waals surface area contributed by atoms with E-state index in [0.717, 1.165) is 5.01 Å². The van der Waals surface area contributed by atoms with Crippen LogP contribution < -0.4 is 0 Å². The first-order valence-electron chi connectivity index (χ1n) is 5.36. The fourth-order valence-corrected chi connectivity index (χ4v) is 1.35. The van der Waals surface area contributed by atoms with E-state index in [9.17, 15) is 4.91 Å². The quantitative estimate of drug-likeness (QED) is 0.380. The molecule has 96 valence electrons. The van der Waals surface area contributed by atoms with Crippen molar-refractivity contribution in [2.45, 2.75) is 45.9 Å². The van der Waals surface area contributed by atoms with E-state index in [1.54, 1.807) is 19.0 Å². The zero-order valence-corrected chi connectivity index (χ0v) is 11.2. The van der Waals surface area contributed by atoms with E-state index in [0.29, 0.717) is 0 Å². The maximum absolute atomic E-state index is 10.7. The summed E-state index contributed by atoms with van der Waals surface area (Å²) in [6, 6.07) is -1.26. The molecule has 0 unspecified atom stereocenters. The molecule has 0 aliphatic carbocycles. The van der Waals surface area contributed by atoms with Crippen molar-refractivity contribution < 1.29 is 9.47 Å². The van der Waals surface area contributed by atoms with E-state index >= 15 is 0 Å². The molecule has 0 aliphatic heterocycles. The van der Waals surface area contributed by atoms with Gasteiger partial charge in [-0.2, -0.15) is 5.01 Å². The highest BCUT2D eigenvalue weighted by molar-refractivity contribution is 4.66. The summed E-state index contributed by atoms with van der Waals surface area (Å²) in [5.74, 6) is 0. The molecule has 0 atom stereocenters. The van der Waals surface area contributed by atoms with Crippen molar-refractivity contribution in [1.29, 1.82) is 0 Å². The summed E-state index contributed by atoms with van der Waals surface area (Å²) in [6.07, 6.45) is -0.185. The van der Waals surface area contributed by atoms with E-state index in [1.807, 2.05) is 27.7 Å². The molecule has 0 saturated carbocycles. The third-order valence-electron chi connectivity index (χ3n) is 1.88. The fraction of sp³-hybridized carbons (Fsp3) is 1.00. The van der Waals surface area contributed by atoms with Crippen molar-refractivity contribution in [2.75, 3.05) is 21.1 Å². The van der Waals surface area contributed by atoms with Gasteiger partial charge in [0.25, 0.3) is 0 Å². The van der Waals surface area contributed by atoms with Crippen LogP contribution in [0.1, 0.15) is 27.7 Å². The maximum Gasteiger partial charge on any atom is 0.337 e. The molecule has 0 amide bonds. The van der Waals surface area contributed by atoms with Gasteiger partial charge >= 0.3 is 6.03 Å². The molecule has 6 nitrogen and oxygen atoms in total. The van der Waals surface area contributed by atoms with E-state index in [4.69, 9.17) is 9.47 Å². The second-order valence-electron chi connectivity index (χ2n) is 4.38. The SMILES string of the molecule is CC(C)OC(OC(C)C)(N(C)C)N(C)N=O. The lowest BCUT2D eigenvalue weighted by atomic mass is 10.4. The topological polar surface area (TPSA) is 54.4 Å². The van der Waals surface area contributed by atoms with Gasteiger partial charge in [0.2, 0.25) is 0 Å². The fourth-order valence-electron chi connectivity index (χ4n) is 1.35. The van der Waals surface area contributed by atoms with Crippen LogP contribution in [0.3, 0.4) is 0 Å². The lowest BCUT2D eigenvalue weighted by molar-refractivity contribution is -0.398. The smallest absolute Gasteiger partial charge is 0.316 e. The van der Waals surface area contributed by atoms with Crippen LogP contribution in [0.25, 0.3) is 0 Å². The molecule has 0 aliphatic rings. The third-order valence-corrected chi connectivity index (χ3v) is 1.88. The summed E-state index contributed by atoms with van der Waals surface area (Å²) in [5.41, 5.74) is 0. The molecule has 0 bridgehead atoms. The number of nitrogens with zero attached hydrogens (tertiary/aromatic N) is 3. The average Bonchev–Trinajstić information content (AvgIpc) is 2.13. The highest BCUT2D eigenvalue weighted by Crippen LogP contribution is 2.24. The van der Waals surface area contributed by atoms with Crippen molar-refractivity contribution in [3.63, 3.8) is 0 Å². The average molecular weight is 233 g/mol. The van der Waals surface area contributed by atoms with Gasteiger partial charge in [-0.1, -0.05) is 0 Å². The summed E-state index contributed by atoms with van der Waals surface area (Å²) in [4.78, 5) is 12.4. The molecule has 0 aromatic carbocycles. The van der Waals surface area contributed by atoms with Crippen molar-refractivity contribution in [3.05, 3.63) is 4.91 Å². The summed E-state index contributed by atoms with van der Waals surface area (Å²) in [5, 5.41) is 4.01. The van der Waals surface area contributed by atoms with Crippen LogP contribution in [-0.2, 0) is 9.47 Å². The summed E-state index contributed by atoms with van der Waals surface area (Å²) >= 11 is 0. The number of ether oxygens (including phenoxy) is 2. The molecule has 16 heavy (non-hydrogen) atoms. The van der Waals surface area contributed by atoms with Gasteiger partial charge in [-0.25, -0.2) is 4.90 Å². The number of nitroso groups, excluding NO2 is 1. The van der Waals surface area contributed by atoms with Crippen LogP contribution in [0, 0.1) is 4.91 Å². The highest BCUT2D eigenvalue weighted by Gasteiger charge is 2.43. The van der Waals surface area contributed by atoms with Crippen LogP contribution >= 0.6 is 0 Å². The van der Waals surface area contributed by atoms with Crippen LogP contribution in [0.2, 0.25) is 0 Å². The van der Waals surface area contributed by atoms with Gasteiger partial charge in [0.1, 0.15) is 0 Å². The predicted octanol–water partition coefficient (Wildman–Crippen LogP) is 1.62. The molecule has 0 aromatic heterocycles. The van der Waals surface area contributed by atoms with Gasteiger partial charge in [-0.05, 0) is 41.8 Å². The lowest BCUT2D eigenvalue weighted by Crippen LogP contribution is -2.60. The minimum absolute atomic E-state index is 0.0923. The Balaban J connectivity index is 5.11. The predicted molar refractivity (Wildman–Crippen MR) is 62.4 cm³/mol. The van der Waals surface area contributed by atoms with Gasteiger partial charge in [0.15, 0.2) is 0 Å². The second kappa shape index (κ2) is 6.12. The molecule has 0 radical (unpaired) electrons. The van der Waals surface area contributed by atoms with E-state index in [-0.39, 0.29) is 12.2 Å². The zero-order chi connectivity index (χ0) is 12.9. The van der Waals surface area contributed by atoms with Crippen LogP contribution in [0.4, 0.5) is 0 Å². The Bertz CT molecular complexity index is 209. The molecular weight excluding hydrogens is 210 g/mol. The van der Waals surface area contributed by atoms with Crippen molar-refractivity contribution >= 4 is 0 Å². The van der Waals surface area contributed by atoms with Crippen molar-refractivity contribution in [3.8, 4) is 0 Å². The standard InChI is InChI=1S/C10H23N3O3/c1-8(2)15-10(12(5)6,13(7)11-14)16-9(3)4/h8-9H,1-7H3. The number of rotatable bonds is 7. The Morgan fingerprint density at radius 1 is 1.00 bits per heavy atom. The minimum Gasteiger partial charge on any atom is -0.316 e. The van der Waals surface area contributed by atoms with Gasteiger partial charge in [-0.15, -0.1) is 4.91 Å². The summed E-state index contributed by atoms with van der Waals surface area (Å²) in [7, 11) is 5.07.